The van der Waals surface area contributed by atoms with Crippen molar-refractivity contribution >= 4 is 17.9 Å². The van der Waals surface area contributed by atoms with Crippen molar-refractivity contribution in [1.82, 2.24) is 0 Å². The SMILES string of the molecule is CCC(C)(CC(C)(CC(C)(C)C(=O)O)C(=O)OC)C(=O)OC. The lowest BCUT2D eigenvalue weighted by Crippen LogP contribution is -2.43. The summed E-state index contributed by atoms with van der Waals surface area (Å²) in [6.45, 7) is 8.29. The molecule has 0 radical (unpaired) electrons. The molecule has 2 atom stereocenters. The van der Waals surface area contributed by atoms with E-state index in [1.807, 2.05) is 6.92 Å². The van der Waals surface area contributed by atoms with Gasteiger partial charge in [0.1, 0.15) is 0 Å². The van der Waals surface area contributed by atoms with Gasteiger partial charge < -0.3 is 14.6 Å². The highest BCUT2D eigenvalue weighted by Crippen LogP contribution is 2.45. The van der Waals surface area contributed by atoms with E-state index in [2.05, 4.69) is 0 Å². The lowest BCUT2D eigenvalue weighted by atomic mass is 9.65. The van der Waals surface area contributed by atoms with Crippen LogP contribution in [-0.2, 0) is 23.9 Å². The van der Waals surface area contributed by atoms with E-state index in [4.69, 9.17) is 9.47 Å². The fourth-order valence-corrected chi connectivity index (χ4v) is 2.95. The number of aliphatic carboxylic acids is 1. The van der Waals surface area contributed by atoms with Gasteiger partial charge in [0, 0.05) is 0 Å². The topological polar surface area (TPSA) is 89.9 Å². The molecule has 6 nitrogen and oxygen atoms in total. The Hall–Kier alpha value is -1.59. The average molecular weight is 316 g/mol. The van der Waals surface area contributed by atoms with E-state index in [9.17, 15) is 19.5 Å². The van der Waals surface area contributed by atoms with E-state index < -0.39 is 34.2 Å². The fraction of sp³-hybridized carbons (Fsp3) is 0.812. The van der Waals surface area contributed by atoms with E-state index in [1.165, 1.54) is 14.2 Å². The van der Waals surface area contributed by atoms with Crippen LogP contribution < -0.4 is 0 Å². The molecule has 0 aliphatic heterocycles. The molecule has 6 heteroatoms. The first-order chi connectivity index (χ1) is 9.88. The zero-order chi connectivity index (χ0) is 17.8. The summed E-state index contributed by atoms with van der Waals surface area (Å²) < 4.78 is 9.70. The van der Waals surface area contributed by atoms with Crippen molar-refractivity contribution in [2.45, 2.75) is 53.9 Å². The van der Waals surface area contributed by atoms with E-state index in [1.54, 1.807) is 27.7 Å². The van der Waals surface area contributed by atoms with E-state index >= 15 is 0 Å². The van der Waals surface area contributed by atoms with Crippen LogP contribution in [0.4, 0.5) is 0 Å². The largest absolute Gasteiger partial charge is 0.481 e. The molecule has 0 aromatic carbocycles. The molecular formula is C16H28O6. The number of hydrogen-bond acceptors (Lipinski definition) is 5. The van der Waals surface area contributed by atoms with Gasteiger partial charge in [-0.1, -0.05) is 6.92 Å². The van der Waals surface area contributed by atoms with Crippen molar-refractivity contribution in [2.24, 2.45) is 16.2 Å². The summed E-state index contributed by atoms with van der Waals surface area (Å²) in [5.41, 5.74) is -3.10. The molecule has 0 saturated heterocycles. The maximum absolute atomic E-state index is 12.3. The number of hydrogen-bond donors (Lipinski definition) is 1. The summed E-state index contributed by atoms with van der Waals surface area (Å²) in [5, 5.41) is 9.33. The zero-order valence-corrected chi connectivity index (χ0v) is 14.6. The minimum Gasteiger partial charge on any atom is -0.481 e. The Labute approximate surface area is 132 Å². The first-order valence-corrected chi connectivity index (χ1v) is 7.29. The standard InChI is InChI=1S/C16H28O6/c1-8-15(4,12(19)21-6)10-16(5,13(20)22-7)9-14(2,3)11(17)18/h8-10H2,1-7H3,(H,17,18). The van der Waals surface area contributed by atoms with Gasteiger partial charge in [0.2, 0.25) is 0 Å². The van der Waals surface area contributed by atoms with Crippen LogP contribution >= 0.6 is 0 Å². The second kappa shape index (κ2) is 7.11. The lowest BCUT2D eigenvalue weighted by Gasteiger charge is -2.38. The predicted octanol–water partition coefficient (Wildman–Crippen LogP) is 2.65. The molecule has 0 amide bonds. The third kappa shape index (κ3) is 4.45. The van der Waals surface area contributed by atoms with Gasteiger partial charge in [0.25, 0.3) is 0 Å². The summed E-state index contributed by atoms with van der Waals surface area (Å²) in [6.07, 6.45) is 0.695. The maximum Gasteiger partial charge on any atom is 0.311 e. The zero-order valence-electron chi connectivity index (χ0n) is 14.6. The first kappa shape index (κ1) is 20.4. The molecule has 0 aliphatic carbocycles. The molecule has 0 aliphatic rings. The molecule has 0 fully saturated rings. The molecule has 0 saturated carbocycles. The van der Waals surface area contributed by atoms with Crippen LogP contribution in [0, 0.1) is 16.2 Å². The molecule has 0 spiro atoms. The number of rotatable bonds is 8. The second-order valence-corrected chi connectivity index (χ2v) is 7.00. The van der Waals surface area contributed by atoms with Crippen molar-refractivity contribution in [3.63, 3.8) is 0 Å². The van der Waals surface area contributed by atoms with E-state index in [0.29, 0.717) is 6.42 Å². The van der Waals surface area contributed by atoms with Crippen molar-refractivity contribution in [3.8, 4) is 0 Å². The first-order valence-electron chi connectivity index (χ1n) is 7.29. The number of methoxy groups -OCH3 is 2. The van der Waals surface area contributed by atoms with Crippen LogP contribution in [0.2, 0.25) is 0 Å². The maximum atomic E-state index is 12.3. The van der Waals surface area contributed by atoms with Gasteiger partial charge >= 0.3 is 17.9 Å². The molecule has 0 rings (SSSR count). The highest BCUT2D eigenvalue weighted by molar-refractivity contribution is 5.82. The monoisotopic (exact) mass is 316 g/mol. The molecule has 0 bridgehead atoms. The number of carboxylic acids is 1. The normalized spacial score (nSPS) is 17.0. The molecule has 0 heterocycles. The van der Waals surface area contributed by atoms with Crippen LogP contribution in [-0.4, -0.2) is 37.2 Å². The molecule has 2 unspecified atom stereocenters. The average Bonchev–Trinajstić information content (AvgIpc) is 2.44. The summed E-state index contributed by atoms with van der Waals surface area (Å²) in [7, 11) is 2.56. The van der Waals surface area contributed by atoms with E-state index in [0.717, 1.165) is 0 Å². The Kier molecular flexibility index (Phi) is 6.60. The third-order valence-corrected chi connectivity index (χ3v) is 4.33. The van der Waals surface area contributed by atoms with Gasteiger partial charge in [0.15, 0.2) is 0 Å². The van der Waals surface area contributed by atoms with Gasteiger partial charge in [-0.15, -0.1) is 0 Å². The van der Waals surface area contributed by atoms with Gasteiger partial charge in [0.05, 0.1) is 30.5 Å². The Morgan fingerprint density at radius 1 is 0.864 bits per heavy atom. The van der Waals surface area contributed by atoms with Crippen molar-refractivity contribution < 1.29 is 29.0 Å². The number of carbonyl (C=O) groups excluding carboxylic acids is 2. The fourth-order valence-electron chi connectivity index (χ4n) is 2.95. The van der Waals surface area contributed by atoms with Gasteiger partial charge in [-0.25, -0.2) is 0 Å². The molecule has 22 heavy (non-hydrogen) atoms. The summed E-state index contributed by atoms with van der Waals surface area (Å²) in [4.78, 5) is 35.7. The van der Waals surface area contributed by atoms with Crippen LogP contribution in [0.5, 0.6) is 0 Å². The smallest absolute Gasteiger partial charge is 0.311 e. The van der Waals surface area contributed by atoms with Crippen LogP contribution in [0.3, 0.4) is 0 Å². The second-order valence-electron chi connectivity index (χ2n) is 7.00. The van der Waals surface area contributed by atoms with Crippen molar-refractivity contribution in [3.05, 3.63) is 0 Å². The van der Waals surface area contributed by atoms with E-state index in [-0.39, 0.29) is 12.8 Å². The number of ether oxygens (including phenoxy) is 2. The Bertz CT molecular complexity index is 442. The van der Waals surface area contributed by atoms with Gasteiger partial charge in [-0.3, -0.25) is 14.4 Å². The van der Waals surface area contributed by atoms with Crippen molar-refractivity contribution in [2.75, 3.05) is 14.2 Å². The predicted molar refractivity (Wildman–Crippen MR) is 81.2 cm³/mol. The minimum atomic E-state index is -1.12. The quantitative estimate of drug-likeness (QED) is 0.692. The number of esters is 2. The summed E-state index contributed by atoms with van der Waals surface area (Å²) >= 11 is 0. The van der Waals surface area contributed by atoms with Gasteiger partial charge in [-0.2, -0.15) is 0 Å². The highest BCUT2D eigenvalue weighted by atomic mass is 16.5. The minimum absolute atomic E-state index is 0.0641. The summed E-state index contributed by atoms with van der Waals surface area (Å²) in [6, 6.07) is 0. The third-order valence-electron chi connectivity index (χ3n) is 4.33. The Morgan fingerprint density at radius 3 is 1.59 bits per heavy atom. The molecule has 1 N–H and O–H groups in total. The molecule has 0 aromatic heterocycles. The number of carboxylic acid groups (broad SMARTS) is 1. The van der Waals surface area contributed by atoms with Gasteiger partial charge in [-0.05, 0) is 47.0 Å². The van der Waals surface area contributed by atoms with Crippen molar-refractivity contribution in [1.29, 1.82) is 0 Å². The van der Waals surface area contributed by atoms with Crippen LogP contribution in [0.1, 0.15) is 53.9 Å². The lowest BCUT2D eigenvalue weighted by molar-refractivity contribution is -0.164. The number of carbonyl (C=O) groups is 3. The van der Waals surface area contributed by atoms with Crippen LogP contribution in [0.15, 0.2) is 0 Å². The van der Waals surface area contributed by atoms with Crippen LogP contribution in [0.25, 0.3) is 0 Å². The summed E-state index contributed by atoms with van der Waals surface area (Å²) in [5.74, 6) is -1.94. The highest BCUT2D eigenvalue weighted by Gasteiger charge is 2.49. The Balaban J connectivity index is 5.68. The molecule has 128 valence electrons. The Morgan fingerprint density at radius 2 is 1.27 bits per heavy atom. The molecule has 0 aromatic rings. The molecular weight excluding hydrogens is 288 g/mol.